The molecule has 0 bridgehead atoms. The van der Waals surface area contributed by atoms with Gasteiger partial charge in [-0.15, -0.1) is 0 Å². The van der Waals surface area contributed by atoms with E-state index in [0.29, 0.717) is 4.91 Å². The Bertz CT molecular complexity index is 833. The molecule has 25 heavy (non-hydrogen) atoms. The second-order valence-electron chi connectivity index (χ2n) is 5.55. The minimum atomic E-state index is -0.263. The van der Waals surface area contributed by atoms with Gasteiger partial charge in [0.15, 0.2) is 0 Å². The Morgan fingerprint density at radius 3 is 2.64 bits per heavy atom. The van der Waals surface area contributed by atoms with Crippen LogP contribution in [-0.4, -0.2) is 29.2 Å². The Morgan fingerprint density at radius 2 is 1.92 bits per heavy atom. The van der Waals surface area contributed by atoms with Crippen LogP contribution in [-0.2, 0) is 4.79 Å². The van der Waals surface area contributed by atoms with Crippen LogP contribution >= 0.6 is 34.4 Å². The van der Waals surface area contributed by atoms with Gasteiger partial charge in [0.05, 0.1) is 11.4 Å². The first kappa shape index (κ1) is 18.0. The quantitative estimate of drug-likeness (QED) is 0.474. The van der Waals surface area contributed by atoms with Crippen LogP contribution in [0.1, 0.15) is 11.1 Å². The number of nitrogens with zero attached hydrogens (tertiary/aromatic N) is 1. The number of rotatable bonds is 5. The maximum atomic E-state index is 12.5. The van der Waals surface area contributed by atoms with Gasteiger partial charge in [0.2, 0.25) is 0 Å². The number of hydrogen-bond donors (Lipinski definition) is 0. The number of amides is 2. The summed E-state index contributed by atoms with van der Waals surface area (Å²) in [7, 11) is 0. The summed E-state index contributed by atoms with van der Waals surface area (Å²) in [5.41, 5.74) is 2.06. The fraction of sp³-hybridized carbons (Fsp3) is 0.158. The van der Waals surface area contributed by atoms with Gasteiger partial charge in [-0.3, -0.25) is 14.5 Å². The lowest BCUT2D eigenvalue weighted by Crippen LogP contribution is -2.32. The summed E-state index contributed by atoms with van der Waals surface area (Å²) in [6.45, 7) is 2.52. The number of imide groups is 1. The number of carbonyl (C=O) groups is 2. The molecule has 2 aromatic rings. The van der Waals surface area contributed by atoms with Crippen molar-refractivity contribution in [2.45, 2.75) is 6.92 Å². The molecule has 1 aliphatic rings. The van der Waals surface area contributed by atoms with E-state index < -0.39 is 0 Å². The van der Waals surface area contributed by atoms with Crippen molar-refractivity contribution in [2.75, 3.05) is 13.2 Å². The monoisotopic (exact) mass is 465 g/mol. The number of benzene rings is 2. The second kappa shape index (κ2) is 8.05. The molecule has 0 spiro atoms. The fourth-order valence-electron chi connectivity index (χ4n) is 2.33. The van der Waals surface area contributed by atoms with Crippen molar-refractivity contribution in [2.24, 2.45) is 0 Å². The Balaban J connectivity index is 1.62. The number of hydrogen-bond acceptors (Lipinski definition) is 4. The highest BCUT2D eigenvalue weighted by Crippen LogP contribution is 2.32. The molecule has 128 valence electrons. The van der Waals surface area contributed by atoms with E-state index in [0.717, 1.165) is 32.2 Å². The highest BCUT2D eigenvalue weighted by atomic mass is 127. The Hall–Kier alpha value is -1.80. The van der Waals surface area contributed by atoms with Crippen molar-refractivity contribution >= 4 is 51.6 Å². The van der Waals surface area contributed by atoms with Crippen LogP contribution in [0.4, 0.5) is 4.79 Å². The van der Waals surface area contributed by atoms with E-state index in [1.807, 2.05) is 55.5 Å². The predicted molar refractivity (Wildman–Crippen MR) is 109 cm³/mol. The third kappa shape index (κ3) is 4.64. The largest absolute Gasteiger partial charge is 0.492 e. The SMILES string of the molecule is Cc1ccc(OCCN2C(=O)SC(=Cc3cccc(I)c3)C2=O)cc1. The van der Waals surface area contributed by atoms with Crippen molar-refractivity contribution in [3.63, 3.8) is 0 Å². The van der Waals surface area contributed by atoms with Gasteiger partial charge in [-0.25, -0.2) is 0 Å². The summed E-state index contributed by atoms with van der Waals surface area (Å²) in [5.74, 6) is 0.466. The van der Waals surface area contributed by atoms with Crippen LogP contribution in [0.5, 0.6) is 5.75 Å². The highest BCUT2D eigenvalue weighted by Gasteiger charge is 2.34. The smallest absolute Gasteiger partial charge is 0.293 e. The van der Waals surface area contributed by atoms with Crippen LogP contribution in [0.3, 0.4) is 0 Å². The molecule has 0 atom stereocenters. The molecule has 0 N–H and O–H groups in total. The lowest BCUT2D eigenvalue weighted by atomic mass is 10.2. The molecule has 0 saturated carbocycles. The van der Waals surface area contributed by atoms with Crippen molar-refractivity contribution < 1.29 is 14.3 Å². The maximum Gasteiger partial charge on any atom is 0.293 e. The molecule has 2 aromatic carbocycles. The van der Waals surface area contributed by atoms with Crippen LogP contribution in [0.2, 0.25) is 0 Å². The molecule has 6 heteroatoms. The van der Waals surface area contributed by atoms with E-state index in [-0.39, 0.29) is 24.3 Å². The molecular weight excluding hydrogens is 449 g/mol. The van der Waals surface area contributed by atoms with Crippen molar-refractivity contribution in [3.05, 3.63) is 68.1 Å². The summed E-state index contributed by atoms with van der Waals surface area (Å²) < 4.78 is 6.69. The molecule has 1 aliphatic heterocycles. The van der Waals surface area contributed by atoms with Gasteiger partial charge < -0.3 is 4.74 Å². The summed E-state index contributed by atoms with van der Waals surface area (Å²) >= 11 is 3.19. The Kier molecular flexibility index (Phi) is 5.80. The van der Waals surface area contributed by atoms with Crippen molar-refractivity contribution in [3.8, 4) is 5.75 Å². The number of aryl methyl sites for hydroxylation is 1. The zero-order valence-corrected chi connectivity index (χ0v) is 16.5. The van der Waals surface area contributed by atoms with Gasteiger partial charge in [-0.2, -0.15) is 0 Å². The summed E-state index contributed by atoms with van der Waals surface area (Å²) in [6, 6.07) is 15.4. The van der Waals surface area contributed by atoms with Crippen LogP contribution in [0.15, 0.2) is 53.4 Å². The van der Waals surface area contributed by atoms with Gasteiger partial charge in [-0.1, -0.05) is 29.8 Å². The molecule has 3 rings (SSSR count). The molecular formula is C19H16INO3S. The van der Waals surface area contributed by atoms with E-state index in [4.69, 9.17) is 4.74 Å². The van der Waals surface area contributed by atoms with Gasteiger partial charge in [0.25, 0.3) is 11.1 Å². The molecule has 0 aromatic heterocycles. The van der Waals surface area contributed by atoms with E-state index >= 15 is 0 Å². The fourth-order valence-corrected chi connectivity index (χ4v) is 3.76. The molecule has 1 fully saturated rings. The Morgan fingerprint density at radius 1 is 1.16 bits per heavy atom. The normalized spacial score (nSPS) is 15.9. The predicted octanol–water partition coefficient (Wildman–Crippen LogP) is 4.71. The zero-order chi connectivity index (χ0) is 17.8. The van der Waals surface area contributed by atoms with Gasteiger partial charge >= 0.3 is 0 Å². The van der Waals surface area contributed by atoms with Crippen molar-refractivity contribution in [1.82, 2.24) is 4.90 Å². The Labute approximate surface area is 164 Å². The third-order valence-electron chi connectivity index (χ3n) is 3.62. The van der Waals surface area contributed by atoms with E-state index in [1.54, 1.807) is 6.08 Å². The molecule has 2 amide bonds. The first-order valence-electron chi connectivity index (χ1n) is 7.73. The highest BCUT2D eigenvalue weighted by molar-refractivity contribution is 14.1. The van der Waals surface area contributed by atoms with Crippen molar-refractivity contribution in [1.29, 1.82) is 0 Å². The van der Waals surface area contributed by atoms with Crippen LogP contribution in [0, 0.1) is 10.5 Å². The summed E-state index contributed by atoms with van der Waals surface area (Å²) in [5, 5.41) is -0.255. The summed E-state index contributed by atoms with van der Waals surface area (Å²) in [6.07, 6.45) is 1.76. The van der Waals surface area contributed by atoms with E-state index in [2.05, 4.69) is 22.6 Å². The first-order chi connectivity index (χ1) is 12.0. The molecule has 0 radical (unpaired) electrons. The average Bonchev–Trinajstić information content (AvgIpc) is 2.84. The molecule has 4 nitrogen and oxygen atoms in total. The van der Waals surface area contributed by atoms with Crippen LogP contribution < -0.4 is 4.74 Å². The molecule has 0 unspecified atom stereocenters. The first-order valence-corrected chi connectivity index (χ1v) is 9.63. The number of carbonyl (C=O) groups excluding carboxylic acids is 2. The van der Waals surface area contributed by atoms with Gasteiger partial charge in [0.1, 0.15) is 12.4 Å². The minimum Gasteiger partial charge on any atom is -0.492 e. The van der Waals surface area contributed by atoms with E-state index in [1.165, 1.54) is 4.90 Å². The minimum absolute atomic E-state index is 0.238. The standard InChI is InChI=1S/C19H16INO3S/c1-13-5-7-16(8-6-13)24-10-9-21-18(22)17(25-19(21)23)12-14-3-2-4-15(20)11-14/h2-8,11-12H,9-10H2,1H3. The zero-order valence-electron chi connectivity index (χ0n) is 13.6. The lowest BCUT2D eigenvalue weighted by Gasteiger charge is -2.13. The van der Waals surface area contributed by atoms with Crippen LogP contribution in [0.25, 0.3) is 6.08 Å². The number of thioether (sulfide) groups is 1. The topological polar surface area (TPSA) is 46.6 Å². The maximum absolute atomic E-state index is 12.5. The lowest BCUT2D eigenvalue weighted by molar-refractivity contribution is -0.123. The van der Waals surface area contributed by atoms with Gasteiger partial charge in [-0.05, 0) is 77.2 Å². The molecule has 0 aliphatic carbocycles. The molecule has 1 heterocycles. The number of ether oxygens (including phenoxy) is 1. The van der Waals surface area contributed by atoms with E-state index in [9.17, 15) is 9.59 Å². The second-order valence-corrected chi connectivity index (χ2v) is 7.79. The number of halogens is 1. The summed E-state index contributed by atoms with van der Waals surface area (Å²) in [4.78, 5) is 26.2. The molecule has 1 saturated heterocycles. The average molecular weight is 465 g/mol. The third-order valence-corrected chi connectivity index (χ3v) is 5.20. The van der Waals surface area contributed by atoms with Gasteiger partial charge in [0, 0.05) is 3.57 Å².